The summed E-state index contributed by atoms with van der Waals surface area (Å²) in [5.74, 6) is 0.622. The number of rotatable bonds is 2. The van der Waals surface area contributed by atoms with Gasteiger partial charge in [-0.05, 0) is 43.0 Å². The van der Waals surface area contributed by atoms with Crippen LogP contribution in [0.3, 0.4) is 0 Å². The Hall–Kier alpha value is -1.52. The Morgan fingerprint density at radius 2 is 2.13 bits per heavy atom. The van der Waals surface area contributed by atoms with Gasteiger partial charge in [0.2, 0.25) is 0 Å². The van der Waals surface area contributed by atoms with Gasteiger partial charge in [-0.1, -0.05) is 36.4 Å². The average molecular weight is 196 g/mol. The predicted molar refractivity (Wildman–Crippen MR) is 65.0 cm³/mol. The molecule has 0 amide bonds. The highest BCUT2D eigenvalue weighted by molar-refractivity contribution is 5.43. The van der Waals surface area contributed by atoms with Gasteiger partial charge in [0, 0.05) is 5.92 Å². The van der Waals surface area contributed by atoms with Crippen LogP contribution in [0.1, 0.15) is 30.9 Å². The third-order valence-electron chi connectivity index (χ3n) is 2.71. The molecule has 0 heteroatoms. The Morgan fingerprint density at radius 1 is 1.33 bits per heavy atom. The van der Waals surface area contributed by atoms with Gasteiger partial charge in [0.1, 0.15) is 0 Å². The summed E-state index contributed by atoms with van der Waals surface area (Å²) in [6.07, 6.45) is 7.55. The zero-order valence-corrected chi connectivity index (χ0v) is 9.33. The van der Waals surface area contributed by atoms with E-state index in [0.29, 0.717) is 5.92 Å². The fraction of sp³-hybridized carbons (Fsp3) is 0.267. The van der Waals surface area contributed by atoms with Gasteiger partial charge in [0.05, 0.1) is 0 Å². The normalized spacial score (nSPS) is 17.9. The van der Waals surface area contributed by atoms with Crippen molar-refractivity contribution in [2.75, 3.05) is 0 Å². The molecular weight excluding hydrogens is 180 g/mol. The van der Waals surface area contributed by atoms with Crippen LogP contribution in [-0.4, -0.2) is 0 Å². The first-order chi connectivity index (χ1) is 7.27. The van der Waals surface area contributed by atoms with Gasteiger partial charge < -0.3 is 0 Å². The summed E-state index contributed by atoms with van der Waals surface area (Å²) < 4.78 is 0. The number of hydrogen-bond acceptors (Lipinski definition) is 0. The summed E-state index contributed by atoms with van der Waals surface area (Å²) >= 11 is 0. The van der Waals surface area contributed by atoms with Crippen molar-refractivity contribution in [2.24, 2.45) is 0 Å². The third-order valence-corrected chi connectivity index (χ3v) is 2.71. The fourth-order valence-electron chi connectivity index (χ4n) is 1.87. The summed E-state index contributed by atoms with van der Waals surface area (Å²) in [6, 6.07) is 8.66. The van der Waals surface area contributed by atoms with Crippen molar-refractivity contribution in [1.82, 2.24) is 0 Å². The minimum atomic E-state index is 0.622. The molecule has 1 aliphatic carbocycles. The van der Waals surface area contributed by atoms with Crippen molar-refractivity contribution in [1.29, 1.82) is 0 Å². The van der Waals surface area contributed by atoms with Crippen molar-refractivity contribution >= 4 is 0 Å². The second kappa shape index (κ2) is 4.33. The molecule has 1 aromatic rings. The summed E-state index contributed by atoms with van der Waals surface area (Å²) in [7, 11) is 0. The molecule has 0 nitrogen and oxygen atoms in total. The molecule has 0 saturated heterocycles. The van der Waals surface area contributed by atoms with Crippen LogP contribution in [0.25, 0.3) is 0 Å². The Labute approximate surface area is 91.6 Å². The van der Waals surface area contributed by atoms with E-state index in [1.54, 1.807) is 0 Å². The smallest absolute Gasteiger partial charge is 0.00645 e. The number of hydrogen-bond donors (Lipinski definition) is 0. The molecular formula is C15H16. The lowest BCUT2D eigenvalue weighted by molar-refractivity contribution is 0.732. The lowest BCUT2D eigenvalue weighted by Crippen LogP contribution is -2.14. The number of benzene rings is 1. The first kappa shape index (κ1) is 10.0. The molecule has 76 valence electrons. The molecule has 0 aliphatic heterocycles. The van der Waals surface area contributed by atoms with Crippen molar-refractivity contribution in [3.8, 4) is 0 Å². The van der Waals surface area contributed by atoms with E-state index >= 15 is 0 Å². The van der Waals surface area contributed by atoms with E-state index in [2.05, 4.69) is 56.0 Å². The van der Waals surface area contributed by atoms with E-state index in [-0.39, 0.29) is 0 Å². The van der Waals surface area contributed by atoms with Gasteiger partial charge in [-0.3, -0.25) is 0 Å². The van der Waals surface area contributed by atoms with Crippen LogP contribution in [-0.2, 0) is 6.42 Å². The lowest BCUT2D eigenvalue weighted by atomic mass is 9.77. The Bertz CT molecular complexity index is 439. The van der Waals surface area contributed by atoms with Crippen molar-refractivity contribution in [3.63, 3.8) is 0 Å². The first-order valence-electron chi connectivity index (χ1n) is 5.42. The fourth-order valence-corrected chi connectivity index (χ4v) is 1.87. The van der Waals surface area contributed by atoms with Gasteiger partial charge >= 0.3 is 0 Å². The summed E-state index contributed by atoms with van der Waals surface area (Å²) in [4.78, 5) is 0. The molecule has 0 N–H and O–H groups in total. The second-order valence-corrected chi connectivity index (χ2v) is 4.21. The van der Waals surface area contributed by atoms with Crippen LogP contribution >= 0.6 is 0 Å². The zero-order chi connectivity index (χ0) is 10.7. The van der Waals surface area contributed by atoms with Gasteiger partial charge in [-0.15, -0.1) is 5.73 Å². The average Bonchev–Trinajstić information content (AvgIpc) is 2.18. The minimum absolute atomic E-state index is 0.622. The van der Waals surface area contributed by atoms with Gasteiger partial charge in [-0.2, -0.15) is 0 Å². The summed E-state index contributed by atoms with van der Waals surface area (Å²) in [5.41, 5.74) is 7.38. The maximum Gasteiger partial charge on any atom is 0.00645 e. The van der Waals surface area contributed by atoms with Gasteiger partial charge in [-0.25, -0.2) is 0 Å². The first-order valence-corrected chi connectivity index (χ1v) is 5.42. The standard InChI is InChI=1S/C15H16/c1-12(2)7-3-4-8-13-11-14-9-5-6-10-15(13)14/h3-6,8-10,13H,11H2,1-2H3/b8-4-. The van der Waals surface area contributed by atoms with E-state index < -0.39 is 0 Å². The highest BCUT2D eigenvalue weighted by Crippen LogP contribution is 2.35. The minimum Gasteiger partial charge on any atom is -0.122 e. The molecule has 2 rings (SSSR count). The van der Waals surface area contributed by atoms with Crippen LogP contribution in [0, 0.1) is 0 Å². The van der Waals surface area contributed by atoms with E-state index in [1.165, 1.54) is 23.1 Å². The zero-order valence-electron chi connectivity index (χ0n) is 9.33. The number of allylic oxidation sites excluding steroid dienone is 3. The molecule has 0 saturated carbocycles. The molecule has 0 fully saturated rings. The lowest BCUT2D eigenvalue weighted by Gasteiger charge is -2.27. The highest BCUT2D eigenvalue weighted by atomic mass is 14.3. The van der Waals surface area contributed by atoms with Crippen LogP contribution in [0.5, 0.6) is 0 Å². The van der Waals surface area contributed by atoms with E-state index in [9.17, 15) is 0 Å². The molecule has 1 aromatic carbocycles. The Balaban J connectivity index is 2.04. The van der Waals surface area contributed by atoms with Crippen LogP contribution in [0.4, 0.5) is 0 Å². The highest BCUT2D eigenvalue weighted by Gasteiger charge is 2.21. The molecule has 1 unspecified atom stereocenters. The van der Waals surface area contributed by atoms with Crippen molar-refractivity contribution < 1.29 is 0 Å². The number of fused-ring (bicyclic) bond motifs is 1. The molecule has 0 heterocycles. The van der Waals surface area contributed by atoms with E-state index in [0.717, 1.165) is 0 Å². The molecule has 0 bridgehead atoms. The van der Waals surface area contributed by atoms with E-state index in [1.807, 2.05) is 6.08 Å². The summed E-state index contributed by atoms with van der Waals surface area (Å²) in [6.45, 7) is 4.12. The third kappa shape index (κ3) is 2.29. The molecule has 0 aromatic heterocycles. The molecule has 15 heavy (non-hydrogen) atoms. The van der Waals surface area contributed by atoms with E-state index in [4.69, 9.17) is 0 Å². The Morgan fingerprint density at radius 3 is 2.87 bits per heavy atom. The molecule has 1 aliphatic rings. The molecule has 0 spiro atoms. The van der Waals surface area contributed by atoms with Crippen LogP contribution < -0.4 is 0 Å². The van der Waals surface area contributed by atoms with Crippen molar-refractivity contribution in [3.05, 3.63) is 64.9 Å². The quantitative estimate of drug-likeness (QED) is 0.495. The molecule has 1 atom stereocenters. The molecule has 0 radical (unpaired) electrons. The van der Waals surface area contributed by atoms with Crippen LogP contribution in [0.2, 0.25) is 0 Å². The second-order valence-electron chi connectivity index (χ2n) is 4.21. The Kier molecular flexibility index (Phi) is 2.89. The largest absolute Gasteiger partial charge is 0.122 e. The van der Waals surface area contributed by atoms with Crippen LogP contribution in [0.15, 0.2) is 53.8 Å². The SMILES string of the molecule is CC(C)=C=C/C=C\C1Cc2ccccc21. The maximum atomic E-state index is 3.18. The topological polar surface area (TPSA) is 0 Å². The van der Waals surface area contributed by atoms with Gasteiger partial charge in [0.25, 0.3) is 0 Å². The monoisotopic (exact) mass is 196 g/mol. The predicted octanol–water partition coefficient (Wildman–Crippen LogP) is 4.00. The van der Waals surface area contributed by atoms with Crippen molar-refractivity contribution in [2.45, 2.75) is 26.2 Å². The van der Waals surface area contributed by atoms with Gasteiger partial charge in [0.15, 0.2) is 0 Å². The summed E-state index contributed by atoms with van der Waals surface area (Å²) in [5, 5.41) is 0. The maximum absolute atomic E-state index is 3.18.